The number of hydrogen-bond acceptors (Lipinski definition) is 6. The maximum atomic E-state index is 12.1. The van der Waals surface area contributed by atoms with Crippen LogP contribution >= 0.6 is 11.8 Å². The van der Waals surface area contributed by atoms with Crippen LogP contribution in [-0.2, 0) is 0 Å². The molecular weight excluding hydrogens is 350 g/mol. The fourth-order valence-electron chi connectivity index (χ4n) is 2.31. The summed E-state index contributed by atoms with van der Waals surface area (Å²) in [5, 5.41) is 9.80. The summed E-state index contributed by atoms with van der Waals surface area (Å²) >= 11 is 1.31. The smallest absolute Gasteiger partial charge is 0.270 e. The number of thioether (sulfide) groups is 1. The highest BCUT2D eigenvalue weighted by atomic mass is 32.2. The Kier molecular flexibility index (Phi) is 7.10. The molecule has 0 unspecified atom stereocenters. The van der Waals surface area contributed by atoms with Gasteiger partial charge in [0.15, 0.2) is 16.7 Å². The maximum absolute atomic E-state index is 12.1. The molecule has 0 spiro atoms. The average molecular weight is 373 g/mol. The van der Waals surface area contributed by atoms with Crippen molar-refractivity contribution in [3.63, 3.8) is 0 Å². The summed E-state index contributed by atoms with van der Waals surface area (Å²) in [5.74, 6) is 1.77. The molecule has 2 aromatic rings. The fraction of sp³-hybridized carbons (Fsp3) is 0.421. The lowest BCUT2D eigenvalue weighted by Crippen LogP contribution is -2.14. The van der Waals surface area contributed by atoms with Gasteiger partial charge in [-0.05, 0) is 43.7 Å². The van der Waals surface area contributed by atoms with Crippen LogP contribution in [0.3, 0.4) is 0 Å². The van der Waals surface area contributed by atoms with E-state index in [-0.39, 0.29) is 5.56 Å². The summed E-state index contributed by atoms with van der Waals surface area (Å²) < 4.78 is 11.5. The van der Waals surface area contributed by atoms with Crippen molar-refractivity contribution in [3.05, 3.63) is 34.1 Å². The van der Waals surface area contributed by atoms with Crippen molar-refractivity contribution >= 4 is 11.8 Å². The summed E-state index contributed by atoms with van der Waals surface area (Å²) in [4.78, 5) is 19.1. The van der Waals surface area contributed by atoms with Gasteiger partial charge in [0, 0.05) is 5.56 Å². The Bertz CT molecular complexity index is 856. The lowest BCUT2D eigenvalue weighted by atomic mass is 10.1. The highest BCUT2D eigenvalue weighted by Gasteiger charge is 2.16. The Morgan fingerprint density at radius 3 is 2.69 bits per heavy atom. The Hall–Kier alpha value is -2.46. The predicted octanol–water partition coefficient (Wildman–Crippen LogP) is 3.85. The number of benzene rings is 1. The van der Waals surface area contributed by atoms with Crippen molar-refractivity contribution in [2.75, 3.05) is 19.5 Å². The number of hydrogen-bond donors (Lipinski definition) is 1. The molecule has 0 aliphatic carbocycles. The highest BCUT2D eigenvalue weighted by molar-refractivity contribution is 7.98. The van der Waals surface area contributed by atoms with Crippen LogP contribution in [0.15, 0.2) is 28.2 Å². The lowest BCUT2D eigenvalue weighted by Gasteiger charge is -2.14. The Morgan fingerprint density at radius 2 is 2.08 bits per heavy atom. The Balaban J connectivity index is 2.45. The van der Waals surface area contributed by atoms with E-state index < -0.39 is 5.56 Å². The molecule has 1 N–H and O–H groups in total. The average Bonchev–Trinajstić information content (AvgIpc) is 2.62. The monoisotopic (exact) mass is 373 g/mol. The van der Waals surface area contributed by atoms with Crippen LogP contribution in [0, 0.1) is 17.2 Å². The largest absolute Gasteiger partial charge is 0.490 e. The molecule has 26 heavy (non-hydrogen) atoms. The molecule has 0 amide bonds. The van der Waals surface area contributed by atoms with Crippen molar-refractivity contribution in [2.45, 2.75) is 32.3 Å². The second-order valence-corrected chi connectivity index (χ2v) is 6.83. The first-order chi connectivity index (χ1) is 12.5. The highest BCUT2D eigenvalue weighted by Crippen LogP contribution is 2.33. The molecule has 0 aliphatic rings. The normalized spacial score (nSPS) is 10.6. The SMILES string of the molecule is CCOc1cc(-c2nc(SC)[nH]c(=O)c2C#N)ccc1OCCC(C)C. The van der Waals surface area contributed by atoms with E-state index >= 15 is 0 Å². The Morgan fingerprint density at radius 1 is 1.31 bits per heavy atom. The van der Waals surface area contributed by atoms with Crippen LogP contribution in [0.4, 0.5) is 0 Å². The summed E-state index contributed by atoms with van der Waals surface area (Å²) in [6.07, 6.45) is 2.75. The molecule has 0 saturated carbocycles. The molecule has 6 nitrogen and oxygen atoms in total. The van der Waals surface area contributed by atoms with Gasteiger partial charge in [0.2, 0.25) is 0 Å². The van der Waals surface area contributed by atoms with E-state index in [0.29, 0.717) is 47.0 Å². The molecular formula is C19H23N3O3S. The summed E-state index contributed by atoms with van der Waals surface area (Å²) in [7, 11) is 0. The van der Waals surface area contributed by atoms with Gasteiger partial charge < -0.3 is 14.5 Å². The molecule has 1 heterocycles. The third-order valence-corrected chi connectivity index (χ3v) is 4.25. The molecule has 138 valence electrons. The van der Waals surface area contributed by atoms with Gasteiger partial charge in [-0.15, -0.1) is 0 Å². The van der Waals surface area contributed by atoms with E-state index in [1.807, 2.05) is 19.2 Å². The van der Waals surface area contributed by atoms with E-state index in [9.17, 15) is 10.1 Å². The predicted molar refractivity (Wildman–Crippen MR) is 103 cm³/mol. The summed E-state index contributed by atoms with van der Waals surface area (Å²) in [6.45, 7) is 7.25. The first-order valence-electron chi connectivity index (χ1n) is 8.48. The van der Waals surface area contributed by atoms with E-state index in [1.54, 1.807) is 18.2 Å². The summed E-state index contributed by atoms with van der Waals surface area (Å²) in [5.41, 5.74) is 0.522. The number of H-pyrrole nitrogens is 1. The third kappa shape index (κ3) is 4.79. The second-order valence-electron chi connectivity index (χ2n) is 6.04. The minimum absolute atomic E-state index is 0.0151. The van der Waals surface area contributed by atoms with Crippen LogP contribution in [0.1, 0.15) is 32.8 Å². The first kappa shape index (κ1) is 19.9. The molecule has 7 heteroatoms. The number of aromatic amines is 1. The van der Waals surface area contributed by atoms with Gasteiger partial charge in [-0.25, -0.2) is 4.98 Å². The molecule has 1 aromatic carbocycles. The van der Waals surface area contributed by atoms with Crippen LogP contribution in [-0.4, -0.2) is 29.4 Å². The van der Waals surface area contributed by atoms with E-state index in [4.69, 9.17) is 9.47 Å². The van der Waals surface area contributed by atoms with Crippen molar-refractivity contribution in [3.8, 4) is 28.8 Å². The topological polar surface area (TPSA) is 88.0 Å². The van der Waals surface area contributed by atoms with Crippen LogP contribution in [0.25, 0.3) is 11.3 Å². The summed E-state index contributed by atoms with van der Waals surface area (Å²) in [6, 6.07) is 7.29. The van der Waals surface area contributed by atoms with Gasteiger partial charge in [-0.3, -0.25) is 4.79 Å². The molecule has 0 radical (unpaired) electrons. The molecule has 0 aliphatic heterocycles. The van der Waals surface area contributed by atoms with Crippen molar-refractivity contribution < 1.29 is 9.47 Å². The van der Waals surface area contributed by atoms with Crippen molar-refractivity contribution in [1.29, 1.82) is 5.26 Å². The number of rotatable bonds is 8. The zero-order chi connectivity index (χ0) is 19.1. The number of nitrogens with zero attached hydrogens (tertiary/aromatic N) is 2. The number of aromatic nitrogens is 2. The number of nitrogens with one attached hydrogen (secondary N) is 1. The Labute approximate surface area is 157 Å². The zero-order valence-electron chi connectivity index (χ0n) is 15.5. The standard InChI is InChI=1S/C19H23N3O3S/c1-5-24-16-10-13(6-7-15(16)25-9-8-12(2)3)17-14(11-20)18(23)22-19(21-17)26-4/h6-7,10,12H,5,8-9H2,1-4H3,(H,21,22,23). The molecule has 0 fully saturated rings. The quantitative estimate of drug-likeness (QED) is 0.558. The number of ether oxygens (including phenoxy) is 2. The van der Waals surface area contributed by atoms with Crippen LogP contribution in [0.5, 0.6) is 11.5 Å². The fourth-order valence-corrected chi connectivity index (χ4v) is 2.69. The van der Waals surface area contributed by atoms with Gasteiger partial charge >= 0.3 is 0 Å². The van der Waals surface area contributed by atoms with Gasteiger partial charge in [-0.1, -0.05) is 25.6 Å². The molecule has 0 atom stereocenters. The van der Waals surface area contributed by atoms with E-state index in [1.165, 1.54) is 11.8 Å². The lowest BCUT2D eigenvalue weighted by molar-refractivity contribution is 0.261. The van der Waals surface area contributed by atoms with E-state index in [2.05, 4.69) is 23.8 Å². The molecule has 1 aromatic heterocycles. The van der Waals surface area contributed by atoms with Crippen molar-refractivity contribution in [2.24, 2.45) is 5.92 Å². The minimum Gasteiger partial charge on any atom is -0.490 e. The number of nitriles is 1. The third-order valence-electron chi connectivity index (χ3n) is 3.67. The second kappa shape index (κ2) is 9.30. The van der Waals surface area contributed by atoms with Crippen molar-refractivity contribution in [1.82, 2.24) is 9.97 Å². The molecule has 0 bridgehead atoms. The van der Waals surface area contributed by atoms with Crippen LogP contribution < -0.4 is 15.0 Å². The minimum atomic E-state index is -0.447. The van der Waals surface area contributed by atoms with E-state index in [0.717, 1.165) is 6.42 Å². The van der Waals surface area contributed by atoms with Gasteiger partial charge in [0.25, 0.3) is 5.56 Å². The maximum Gasteiger partial charge on any atom is 0.270 e. The van der Waals surface area contributed by atoms with Gasteiger partial charge in [-0.2, -0.15) is 5.26 Å². The first-order valence-corrected chi connectivity index (χ1v) is 9.71. The van der Waals surface area contributed by atoms with Gasteiger partial charge in [0.1, 0.15) is 11.6 Å². The van der Waals surface area contributed by atoms with Crippen LogP contribution in [0.2, 0.25) is 0 Å². The van der Waals surface area contributed by atoms with Gasteiger partial charge in [0.05, 0.1) is 18.9 Å². The molecule has 0 saturated heterocycles. The zero-order valence-corrected chi connectivity index (χ0v) is 16.3. The molecule has 2 rings (SSSR count).